The van der Waals surface area contributed by atoms with E-state index in [0.717, 1.165) is 5.56 Å². The highest BCUT2D eigenvalue weighted by Crippen LogP contribution is 2.34. The molecule has 0 aromatic heterocycles. The summed E-state index contributed by atoms with van der Waals surface area (Å²) in [7, 11) is 3.13. The van der Waals surface area contributed by atoms with E-state index in [1.54, 1.807) is 20.3 Å². The number of hydrogen-bond acceptors (Lipinski definition) is 4. The van der Waals surface area contributed by atoms with Crippen LogP contribution < -0.4 is 9.47 Å². The van der Waals surface area contributed by atoms with Gasteiger partial charge in [-0.15, -0.1) is 0 Å². The number of methoxy groups -OCH3 is 2. The Balaban J connectivity index is 3.40. The standard InChI is InChI=1S/C14H19NO4/c1-9(2)12-8-13(18-4)11(7-14(12)19-5)6-10(3)15(16)17/h6-9H,1-5H3. The molecule has 0 atom stereocenters. The van der Waals surface area contributed by atoms with Gasteiger partial charge in [-0.05, 0) is 18.1 Å². The van der Waals surface area contributed by atoms with E-state index in [1.807, 2.05) is 6.07 Å². The first-order chi connectivity index (χ1) is 8.90. The second-order valence-electron chi connectivity index (χ2n) is 4.53. The summed E-state index contributed by atoms with van der Waals surface area (Å²) in [5.41, 5.74) is 1.70. The lowest BCUT2D eigenvalue weighted by Crippen LogP contribution is -1.99. The van der Waals surface area contributed by atoms with Gasteiger partial charge in [-0.25, -0.2) is 0 Å². The summed E-state index contributed by atoms with van der Waals surface area (Å²) in [4.78, 5) is 10.3. The third-order valence-corrected chi connectivity index (χ3v) is 2.86. The molecule has 0 aliphatic rings. The molecule has 104 valence electrons. The molecule has 0 aliphatic heterocycles. The molecule has 1 aromatic rings. The van der Waals surface area contributed by atoms with Crippen molar-refractivity contribution in [2.24, 2.45) is 0 Å². The maximum absolute atomic E-state index is 10.7. The molecule has 0 spiro atoms. The van der Waals surface area contributed by atoms with Gasteiger partial charge in [-0.2, -0.15) is 0 Å². The van der Waals surface area contributed by atoms with Crippen LogP contribution >= 0.6 is 0 Å². The maximum atomic E-state index is 10.7. The Bertz CT molecular complexity index is 506. The minimum atomic E-state index is -0.428. The molecule has 0 radical (unpaired) electrons. The first kappa shape index (κ1) is 15.0. The van der Waals surface area contributed by atoms with Crippen molar-refractivity contribution < 1.29 is 14.4 Å². The highest BCUT2D eigenvalue weighted by atomic mass is 16.6. The molecule has 0 fully saturated rings. The molecule has 0 saturated heterocycles. The fourth-order valence-electron chi connectivity index (χ4n) is 1.79. The Labute approximate surface area is 113 Å². The normalized spacial score (nSPS) is 11.6. The lowest BCUT2D eigenvalue weighted by Gasteiger charge is -2.15. The average Bonchev–Trinajstić information content (AvgIpc) is 2.37. The molecular formula is C14H19NO4. The van der Waals surface area contributed by atoms with E-state index >= 15 is 0 Å². The summed E-state index contributed by atoms with van der Waals surface area (Å²) in [6.07, 6.45) is 1.48. The van der Waals surface area contributed by atoms with Gasteiger partial charge in [-0.3, -0.25) is 10.1 Å². The zero-order valence-corrected chi connectivity index (χ0v) is 11.9. The summed E-state index contributed by atoms with van der Waals surface area (Å²) >= 11 is 0. The zero-order chi connectivity index (χ0) is 14.6. The molecule has 0 bridgehead atoms. The van der Waals surface area contributed by atoms with E-state index in [1.165, 1.54) is 13.0 Å². The summed E-state index contributed by atoms with van der Waals surface area (Å²) in [5.74, 6) is 1.59. The van der Waals surface area contributed by atoms with Crippen molar-refractivity contribution >= 4 is 6.08 Å². The first-order valence-corrected chi connectivity index (χ1v) is 5.99. The Hall–Kier alpha value is -2.04. The monoisotopic (exact) mass is 265 g/mol. The van der Waals surface area contributed by atoms with Gasteiger partial charge in [0.2, 0.25) is 5.70 Å². The predicted octanol–water partition coefficient (Wildman–Crippen LogP) is 3.46. The van der Waals surface area contributed by atoms with Crippen LogP contribution in [0.25, 0.3) is 6.08 Å². The Kier molecular flexibility index (Phi) is 4.92. The van der Waals surface area contributed by atoms with Gasteiger partial charge in [0, 0.05) is 24.1 Å². The maximum Gasteiger partial charge on any atom is 0.243 e. The summed E-state index contributed by atoms with van der Waals surface area (Å²) in [6.45, 7) is 5.55. The molecule has 0 aliphatic carbocycles. The van der Waals surface area contributed by atoms with Crippen molar-refractivity contribution in [3.05, 3.63) is 39.1 Å². The summed E-state index contributed by atoms with van der Waals surface area (Å²) in [6, 6.07) is 3.63. The number of allylic oxidation sites excluding steroid dienone is 1. The zero-order valence-electron chi connectivity index (χ0n) is 11.9. The van der Waals surface area contributed by atoms with E-state index in [2.05, 4.69) is 13.8 Å². The van der Waals surface area contributed by atoms with Crippen molar-refractivity contribution in [2.45, 2.75) is 26.7 Å². The molecule has 19 heavy (non-hydrogen) atoms. The molecule has 1 aromatic carbocycles. The van der Waals surface area contributed by atoms with Crippen LogP contribution in [-0.4, -0.2) is 19.1 Å². The van der Waals surface area contributed by atoms with Crippen LogP contribution in [0.1, 0.15) is 37.8 Å². The van der Waals surface area contributed by atoms with Crippen molar-refractivity contribution in [3.8, 4) is 11.5 Å². The number of nitro groups is 1. The molecule has 0 unspecified atom stereocenters. The molecule has 0 saturated carbocycles. The van der Waals surface area contributed by atoms with Crippen LogP contribution in [0.4, 0.5) is 0 Å². The van der Waals surface area contributed by atoms with Gasteiger partial charge in [0.05, 0.1) is 19.1 Å². The molecular weight excluding hydrogens is 246 g/mol. The lowest BCUT2D eigenvalue weighted by molar-refractivity contribution is -0.422. The van der Waals surface area contributed by atoms with Crippen molar-refractivity contribution in [2.75, 3.05) is 14.2 Å². The number of rotatable bonds is 5. The highest BCUT2D eigenvalue weighted by molar-refractivity contribution is 5.62. The molecule has 0 N–H and O–H groups in total. The SMILES string of the molecule is COc1cc(C(C)C)c(OC)cc1C=C(C)[N+](=O)[O-]. The van der Waals surface area contributed by atoms with Crippen molar-refractivity contribution in [1.29, 1.82) is 0 Å². The topological polar surface area (TPSA) is 61.6 Å². The molecule has 0 amide bonds. The average molecular weight is 265 g/mol. The van der Waals surface area contributed by atoms with Crippen molar-refractivity contribution in [3.63, 3.8) is 0 Å². The quantitative estimate of drug-likeness (QED) is 0.604. The second-order valence-corrected chi connectivity index (χ2v) is 4.53. The van der Waals surface area contributed by atoms with Crippen LogP contribution in [0.2, 0.25) is 0 Å². The Morgan fingerprint density at radius 2 is 1.84 bits per heavy atom. The second kappa shape index (κ2) is 6.22. The van der Waals surface area contributed by atoms with Gasteiger partial charge < -0.3 is 9.47 Å². The molecule has 0 heterocycles. The number of ether oxygens (including phenoxy) is 2. The molecule has 5 nitrogen and oxygen atoms in total. The smallest absolute Gasteiger partial charge is 0.243 e. The first-order valence-electron chi connectivity index (χ1n) is 5.99. The number of nitrogens with zero attached hydrogens (tertiary/aromatic N) is 1. The fourth-order valence-corrected chi connectivity index (χ4v) is 1.79. The lowest BCUT2D eigenvalue weighted by atomic mass is 9.99. The minimum Gasteiger partial charge on any atom is -0.496 e. The predicted molar refractivity (Wildman–Crippen MR) is 74.3 cm³/mol. The van der Waals surface area contributed by atoms with Crippen molar-refractivity contribution in [1.82, 2.24) is 0 Å². The molecule has 5 heteroatoms. The summed E-state index contributed by atoms with van der Waals surface area (Å²) in [5, 5.41) is 10.7. The van der Waals surface area contributed by atoms with E-state index in [4.69, 9.17) is 9.47 Å². The minimum absolute atomic E-state index is 0.0534. The fraction of sp³-hybridized carbons (Fsp3) is 0.429. The number of hydrogen-bond donors (Lipinski definition) is 0. The van der Waals surface area contributed by atoms with Crippen LogP contribution in [0, 0.1) is 10.1 Å². The van der Waals surface area contributed by atoms with Gasteiger partial charge in [0.15, 0.2) is 0 Å². The van der Waals surface area contributed by atoms with Crippen LogP contribution in [0.5, 0.6) is 11.5 Å². The van der Waals surface area contributed by atoms with E-state index in [9.17, 15) is 10.1 Å². The van der Waals surface area contributed by atoms with E-state index in [-0.39, 0.29) is 11.6 Å². The van der Waals surface area contributed by atoms with Gasteiger partial charge in [-0.1, -0.05) is 13.8 Å². The van der Waals surface area contributed by atoms with Gasteiger partial charge in [0.1, 0.15) is 11.5 Å². The van der Waals surface area contributed by atoms with E-state index < -0.39 is 4.92 Å². The third kappa shape index (κ3) is 3.47. The third-order valence-electron chi connectivity index (χ3n) is 2.86. The van der Waals surface area contributed by atoms with E-state index in [0.29, 0.717) is 17.1 Å². The van der Waals surface area contributed by atoms with Crippen LogP contribution in [-0.2, 0) is 0 Å². The Morgan fingerprint density at radius 1 is 1.26 bits per heavy atom. The van der Waals surface area contributed by atoms with Gasteiger partial charge >= 0.3 is 0 Å². The van der Waals surface area contributed by atoms with Crippen LogP contribution in [0.15, 0.2) is 17.8 Å². The number of benzene rings is 1. The van der Waals surface area contributed by atoms with Crippen LogP contribution in [0.3, 0.4) is 0 Å². The summed E-state index contributed by atoms with van der Waals surface area (Å²) < 4.78 is 10.6. The Morgan fingerprint density at radius 3 is 2.26 bits per heavy atom. The molecule has 1 rings (SSSR count). The highest BCUT2D eigenvalue weighted by Gasteiger charge is 2.14. The van der Waals surface area contributed by atoms with Gasteiger partial charge in [0.25, 0.3) is 0 Å². The largest absolute Gasteiger partial charge is 0.496 e.